The van der Waals surface area contributed by atoms with Gasteiger partial charge in [0.05, 0.1) is 24.3 Å². The van der Waals surface area contributed by atoms with E-state index in [4.69, 9.17) is 9.47 Å². The molecule has 1 saturated heterocycles. The number of ether oxygens (including phenoxy) is 2. The van der Waals surface area contributed by atoms with E-state index < -0.39 is 6.09 Å². The number of hydrogen-bond donors (Lipinski definition) is 2. The second-order valence-electron chi connectivity index (χ2n) is 6.74. The number of aromatic amines is 1. The van der Waals surface area contributed by atoms with E-state index in [1.54, 1.807) is 18.2 Å². The number of morpholine rings is 1. The largest absolute Gasteiger partial charge is 0.448 e. The van der Waals surface area contributed by atoms with Crippen molar-refractivity contribution in [2.24, 2.45) is 0 Å². The van der Waals surface area contributed by atoms with Crippen molar-refractivity contribution in [1.29, 1.82) is 0 Å². The topological polar surface area (TPSA) is 96.5 Å². The monoisotopic (exact) mass is 394 g/mol. The third-order valence-electron chi connectivity index (χ3n) is 4.82. The number of hydrogen-bond acceptors (Lipinski definition) is 6. The van der Waals surface area contributed by atoms with Crippen molar-refractivity contribution in [3.63, 3.8) is 0 Å². The summed E-state index contributed by atoms with van der Waals surface area (Å²) >= 11 is 0. The van der Waals surface area contributed by atoms with Gasteiger partial charge >= 0.3 is 6.09 Å². The molecule has 1 aromatic heterocycles. The summed E-state index contributed by atoms with van der Waals surface area (Å²) in [6.45, 7) is 4.14. The van der Waals surface area contributed by atoms with Crippen molar-refractivity contribution < 1.29 is 14.3 Å². The van der Waals surface area contributed by atoms with Gasteiger partial charge in [-0.25, -0.2) is 9.89 Å². The lowest BCUT2D eigenvalue weighted by Gasteiger charge is -2.26. The molecule has 1 aliphatic heterocycles. The molecular formula is C21H22N4O4. The van der Waals surface area contributed by atoms with Crippen molar-refractivity contribution >= 4 is 22.6 Å². The summed E-state index contributed by atoms with van der Waals surface area (Å²) in [5.74, 6) is 0. The number of amides is 1. The molecule has 3 aromatic rings. The van der Waals surface area contributed by atoms with E-state index in [0.29, 0.717) is 43.1 Å². The van der Waals surface area contributed by atoms with E-state index >= 15 is 0 Å². The van der Waals surface area contributed by atoms with Crippen molar-refractivity contribution in [3.8, 4) is 11.3 Å². The highest BCUT2D eigenvalue weighted by Gasteiger charge is 2.12. The highest BCUT2D eigenvalue weighted by molar-refractivity contribution is 5.94. The standard InChI is InChI=1S/C21H22N4O4/c26-20-18-7-2-1-6-17(18)19(23-24-20)15-4-3-5-16(14-15)22-21(27)29-13-10-25-8-11-28-12-9-25/h1-7,14H,8-13H2,(H,22,27)(H,24,26). The Morgan fingerprint density at radius 1 is 1.14 bits per heavy atom. The predicted octanol–water partition coefficient (Wildman–Crippen LogP) is 2.47. The van der Waals surface area contributed by atoms with Crippen LogP contribution >= 0.6 is 0 Å². The first-order valence-corrected chi connectivity index (χ1v) is 9.52. The number of nitrogens with one attached hydrogen (secondary N) is 2. The van der Waals surface area contributed by atoms with E-state index in [9.17, 15) is 9.59 Å². The molecule has 0 aliphatic carbocycles. The number of carbonyl (C=O) groups excluding carboxylic acids is 1. The minimum Gasteiger partial charge on any atom is -0.448 e. The van der Waals surface area contributed by atoms with Crippen LogP contribution in [0, 0.1) is 0 Å². The molecule has 2 aromatic carbocycles. The van der Waals surface area contributed by atoms with Gasteiger partial charge in [-0.1, -0.05) is 30.3 Å². The van der Waals surface area contributed by atoms with E-state index in [1.807, 2.05) is 30.3 Å². The molecule has 1 aliphatic rings. The zero-order valence-electron chi connectivity index (χ0n) is 15.9. The van der Waals surface area contributed by atoms with Crippen molar-refractivity contribution in [3.05, 3.63) is 58.9 Å². The van der Waals surface area contributed by atoms with Crippen LogP contribution in [0.15, 0.2) is 53.3 Å². The molecule has 0 saturated carbocycles. The van der Waals surface area contributed by atoms with Gasteiger partial charge < -0.3 is 9.47 Å². The summed E-state index contributed by atoms with van der Waals surface area (Å²) in [7, 11) is 0. The van der Waals surface area contributed by atoms with E-state index in [0.717, 1.165) is 24.0 Å². The third-order valence-corrected chi connectivity index (χ3v) is 4.82. The summed E-state index contributed by atoms with van der Waals surface area (Å²) in [6, 6.07) is 14.6. The van der Waals surface area contributed by atoms with Gasteiger partial charge in [0.2, 0.25) is 0 Å². The SMILES string of the molecule is O=C(Nc1cccc(-c2n[nH]c(=O)c3ccccc23)c1)OCCN1CCOCC1. The van der Waals surface area contributed by atoms with Crippen molar-refractivity contribution in [2.75, 3.05) is 44.8 Å². The molecule has 29 heavy (non-hydrogen) atoms. The smallest absolute Gasteiger partial charge is 0.411 e. The number of carbonyl (C=O) groups is 1. The average Bonchev–Trinajstić information content (AvgIpc) is 2.75. The summed E-state index contributed by atoms with van der Waals surface area (Å²) in [5, 5.41) is 10.8. The Hall–Kier alpha value is -3.23. The molecule has 8 nitrogen and oxygen atoms in total. The number of benzene rings is 2. The average molecular weight is 394 g/mol. The molecule has 2 heterocycles. The lowest BCUT2D eigenvalue weighted by atomic mass is 10.0. The number of rotatable bonds is 5. The summed E-state index contributed by atoms with van der Waals surface area (Å²) in [5.41, 5.74) is 1.78. The van der Waals surface area contributed by atoms with Crippen molar-refractivity contribution in [2.45, 2.75) is 0 Å². The van der Waals surface area contributed by atoms with Gasteiger partial charge in [-0.05, 0) is 18.2 Å². The second kappa shape index (κ2) is 8.85. The van der Waals surface area contributed by atoms with Gasteiger partial charge in [0.15, 0.2) is 0 Å². The normalized spacial score (nSPS) is 14.6. The van der Waals surface area contributed by atoms with E-state index in [1.165, 1.54) is 0 Å². The molecule has 0 bridgehead atoms. The quantitative estimate of drug-likeness (QED) is 0.690. The summed E-state index contributed by atoms with van der Waals surface area (Å²) in [4.78, 5) is 26.3. The Balaban J connectivity index is 1.43. The van der Waals surface area contributed by atoms with Gasteiger partial charge in [-0.2, -0.15) is 5.10 Å². The second-order valence-corrected chi connectivity index (χ2v) is 6.74. The number of anilines is 1. The fraction of sp³-hybridized carbons (Fsp3) is 0.286. The minimum atomic E-state index is -0.505. The maximum absolute atomic E-state index is 12.1. The van der Waals surface area contributed by atoms with Crippen LogP contribution in [0.25, 0.3) is 22.0 Å². The summed E-state index contributed by atoms with van der Waals surface area (Å²) < 4.78 is 10.6. The molecule has 0 radical (unpaired) electrons. The molecule has 150 valence electrons. The van der Waals surface area contributed by atoms with Gasteiger partial charge in [-0.3, -0.25) is 15.0 Å². The molecule has 0 atom stereocenters. The molecular weight excluding hydrogens is 372 g/mol. The molecule has 1 fully saturated rings. The number of aromatic nitrogens is 2. The Morgan fingerprint density at radius 3 is 2.76 bits per heavy atom. The van der Waals surface area contributed by atoms with Crippen LogP contribution in [0.5, 0.6) is 0 Å². The number of fused-ring (bicyclic) bond motifs is 1. The number of H-pyrrole nitrogens is 1. The van der Waals surface area contributed by atoms with Crippen LogP contribution < -0.4 is 10.9 Å². The van der Waals surface area contributed by atoms with Crippen LogP contribution in [0.4, 0.5) is 10.5 Å². The molecule has 0 unspecified atom stereocenters. The van der Waals surface area contributed by atoms with Crippen molar-refractivity contribution in [1.82, 2.24) is 15.1 Å². The molecule has 1 amide bonds. The lowest BCUT2D eigenvalue weighted by Crippen LogP contribution is -2.38. The first kappa shape index (κ1) is 19.1. The Labute approximate surface area is 167 Å². The molecule has 8 heteroatoms. The van der Waals surface area contributed by atoms with Gasteiger partial charge in [-0.15, -0.1) is 0 Å². The van der Waals surface area contributed by atoms with Gasteiger partial charge in [0.25, 0.3) is 5.56 Å². The van der Waals surface area contributed by atoms with E-state index in [2.05, 4.69) is 20.4 Å². The predicted molar refractivity (Wildman–Crippen MR) is 110 cm³/mol. The van der Waals surface area contributed by atoms with E-state index in [-0.39, 0.29) is 5.56 Å². The fourth-order valence-electron chi connectivity index (χ4n) is 3.33. The molecule has 4 rings (SSSR count). The molecule has 2 N–H and O–H groups in total. The van der Waals surface area contributed by atoms with Gasteiger partial charge in [0, 0.05) is 36.3 Å². The zero-order chi connectivity index (χ0) is 20.1. The third kappa shape index (κ3) is 4.61. The first-order chi connectivity index (χ1) is 14.2. The van der Waals surface area contributed by atoms with Crippen LogP contribution in [0.2, 0.25) is 0 Å². The molecule has 0 spiro atoms. The zero-order valence-corrected chi connectivity index (χ0v) is 15.9. The Kier molecular flexibility index (Phi) is 5.83. The minimum absolute atomic E-state index is 0.234. The van der Waals surface area contributed by atoms with Crippen LogP contribution in [0.1, 0.15) is 0 Å². The van der Waals surface area contributed by atoms with Crippen LogP contribution in [0.3, 0.4) is 0 Å². The Morgan fingerprint density at radius 2 is 1.93 bits per heavy atom. The van der Waals surface area contributed by atoms with Gasteiger partial charge in [0.1, 0.15) is 6.61 Å². The summed E-state index contributed by atoms with van der Waals surface area (Å²) in [6.07, 6.45) is -0.505. The highest BCUT2D eigenvalue weighted by Crippen LogP contribution is 2.26. The maximum Gasteiger partial charge on any atom is 0.411 e. The van der Waals surface area contributed by atoms with Crippen LogP contribution in [-0.2, 0) is 9.47 Å². The maximum atomic E-state index is 12.1. The first-order valence-electron chi connectivity index (χ1n) is 9.52. The highest BCUT2D eigenvalue weighted by atomic mass is 16.5. The number of nitrogens with zero attached hydrogens (tertiary/aromatic N) is 2. The fourth-order valence-corrected chi connectivity index (χ4v) is 3.33. The Bertz CT molecular complexity index is 1060. The van der Waals surface area contributed by atoms with Crippen LogP contribution in [-0.4, -0.2) is 60.6 Å². The lowest BCUT2D eigenvalue weighted by molar-refractivity contribution is 0.0290.